The predicted octanol–water partition coefficient (Wildman–Crippen LogP) is 6.38. The summed E-state index contributed by atoms with van der Waals surface area (Å²) < 4.78 is 0. The number of hydrogen-bond donors (Lipinski definition) is 0. The Kier molecular flexibility index (Phi) is 5.61. The summed E-state index contributed by atoms with van der Waals surface area (Å²) in [5.41, 5.74) is 5.64. The average molecular weight is 280 g/mol. The summed E-state index contributed by atoms with van der Waals surface area (Å²) in [5.74, 6) is 1.33. The molecule has 0 aliphatic rings. The third kappa shape index (κ3) is 4.74. The molecule has 112 valence electrons. The highest BCUT2D eigenvalue weighted by Crippen LogP contribution is 2.26. The third-order valence-electron chi connectivity index (χ3n) is 4.57. The maximum Gasteiger partial charge on any atom is -0.0190 e. The smallest absolute Gasteiger partial charge is 0.0190 e. The molecule has 0 aliphatic carbocycles. The minimum Gasteiger partial charge on any atom is -0.0590 e. The fraction of sp³-hybridized carbons (Fsp3) is 0.429. The molecule has 2 rings (SSSR count). The van der Waals surface area contributed by atoms with Gasteiger partial charge >= 0.3 is 0 Å². The maximum absolute atomic E-state index is 2.35. The van der Waals surface area contributed by atoms with Crippen LogP contribution in [-0.4, -0.2) is 0 Å². The Labute approximate surface area is 130 Å². The first-order valence-corrected chi connectivity index (χ1v) is 8.19. The number of aryl methyl sites for hydroxylation is 2. The van der Waals surface area contributed by atoms with E-state index < -0.39 is 0 Å². The molecule has 2 unspecified atom stereocenters. The second-order valence-electron chi connectivity index (χ2n) is 6.55. The molecular weight excluding hydrogens is 252 g/mol. The van der Waals surface area contributed by atoms with Crippen molar-refractivity contribution in [2.24, 2.45) is 0 Å². The standard InChI is InChI=1S/C21H28/c1-16-8-12-20(13-9-16)18(3)6-5-7-19(4)21-14-10-17(2)11-15-21/h8-15,18-19H,5-7H2,1-4H3. The first kappa shape index (κ1) is 15.8. The molecule has 0 aliphatic heterocycles. The van der Waals surface area contributed by atoms with Crippen LogP contribution in [0.25, 0.3) is 0 Å². The van der Waals surface area contributed by atoms with E-state index in [2.05, 4.69) is 76.2 Å². The van der Waals surface area contributed by atoms with Gasteiger partial charge in [-0.2, -0.15) is 0 Å². The topological polar surface area (TPSA) is 0 Å². The first-order valence-electron chi connectivity index (χ1n) is 8.19. The van der Waals surface area contributed by atoms with Crippen molar-refractivity contribution in [1.29, 1.82) is 0 Å². The molecule has 2 atom stereocenters. The molecule has 0 radical (unpaired) electrons. The number of benzene rings is 2. The maximum atomic E-state index is 2.35. The van der Waals surface area contributed by atoms with Crippen molar-refractivity contribution >= 4 is 0 Å². The Balaban J connectivity index is 1.80. The van der Waals surface area contributed by atoms with E-state index >= 15 is 0 Å². The van der Waals surface area contributed by atoms with Crippen molar-refractivity contribution in [3.05, 3.63) is 70.8 Å². The lowest BCUT2D eigenvalue weighted by atomic mass is 9.90. The molecule has 21 heavy (non-hydrogen) atoms. The Morgan fingerprint density at radius 3 is 1.29 bits per heavy atom. The Morgan fingerprint density at radius 2 is 0.952 bits per heavy atom. The zero-order valence-corrected chi connectivity index (χ0v) is 13.9. The van der Waals surface area contributed by atoms with Crippen LogP contribution >= 0.6 is 0 Å². The molecule has 0 heterocycles. The zero-order chi connectivity index (χ0) is 15.2. The van der Waals surface area contributed by atoms with Gasteiger partial charge in [-0.3, -0.25) is 0 Å². The molecule has 0 bridgehead atoms. The van der Waals surface area contributed by atoms with Crippen molar-refractivity contribution in [2.45, 2.75) is 58.8 Å². The van der Waals surface area contributed by atoms with Gasteiger partial charge in [-0.25, -0.2) is 0 Å². The van der Waals surface area contributed by atoms with Crippen LogP contribution in [0.15, 0.2) is 48.5 Å². The summed E-state index contributed by atoms with van der Waals surface area (Å²) in [5, 5.41) is 0. The molecule has 0 heteroatoms. The van der Waals surface area contributed by atoms with Gasteiger partial charge in [0.15, 0.2) is 0 Å². The van der Waals surface area contributed by atoms with Crippen LogP contribution in [-0.2, 0) is 0 Å². The molecule has 0 amide bonds. The molecule has 2 aromatic rings. The van der Waals surface area contributed by atoms with Crippen LogP contribution in [0.4, 0.5) is 0 Å². The second kappa shape index (κ2) is 7.45. The Bertz CT molecular complexity index is 482. The largest absolute Gasteiger partial charge is 0.0590 e. The van der Waals surface area contributed by atoms with E-state index in [1.165, 1.54) is 41.5 Å². The summed E-state index contributed by atoms with van der Waals surface area (Å²) in [4.78, 5) is 0. The lowest BCUT2D eigenvalue weighted by Crippen LogP contribution is -1.97. The summed E-state index contributed by atoms with van der Waals surface area (Å²) in [7, 11) is 0. The van der Waals surface area contributed by atoms with Gasteiger partial charge in [-0.15, -0.1) is 0 Å². The number of rotatable bonds is 6. The summed E-state index contributed by atoms with van der Waals surface area (Å²) in [6.45, 7) is 9.00. The van der Waals surface area contributed by atoms with E-state index in [0.29, 0.717) is 11.8 Å². The van der Waals surface area contributed by atoms with Crippen LogP contribution in [0.1, 0.15) is 67.2 Å². The van der Waals surface area contributed by atoms with Gasteiger partial charge in [-0.05, 0) is 49.7 Å². The van der Waals surface area contributed by atoms with Crippen LogP contribution in [0.5, 0.6) is 0 Å². The van der Waals surface area contributed by atoms with Gasteiger partial charge in [0, 0.05) is 0 Å². The molecular formula is C21H28. The van der Waals surface area contributed by atoms with E-state index in [0.717, 1.165) is 0 Å². The van der Waals surface area contributed by atoms with Gasteiger partial charge < -0.3 is 0 Å². The quantitative estimate of drug-likeness (QED) is 0.576. The zero-order valence-electron chi connectivity index (χ0n) is 13.9. The molecule has 2 aromatic carbocycles. The minimum absolute atomic E-state index is 0.663. The Hall–Kier alpha value is -1.56. The van der Waals surface area contributed by atoms with Gasteiger partial charge in [0.1, 0.15) is 0 Å². The monoisotopic (exact) mass is 280 g/mol. The van der Waals surface area contributed by atoms with Crippen molar-refractivity contribution in [3.8, 4) is 0 Å². The molecule has 0 saturated heterocycles. The highest BCUT2D eigenvalue weighted by Gasteiger charge is 2.08. The van der Waals surface area contributed by atoms with Gasteiger partial charge in [-0.1, -0.05) is 79.9 Å². The summed E-state index contributed by atoms with van der Waals surface area (Å²) >= 11 is 0. The van der Waals surface area contributed by atoms with E-state index in [1.54, 1.807) is 0 Å². The molecule has 0 fully saturated rings. The van der Waals surface area contributed by atoms with E-state index in [-0.39, 0.29) is 0 Å². The van der Waals surface area contributed by atoms with Gasteiger partial charge in [0.25, 0.3) is 0 Å². The first-order chi connectivity index (χ1) is 10.1. The summed E-state index contributed by atoms with van der Waals surface area (Å²) in [6.07, 6.45) is 3.85. The van der Waals surface area contributed by atoms with E-state index in [1.807, 2.05) is 0 Å². The fourth-order valence-corrected chi connectivity index (χ4v) is 2.85. The highest BCUT2D eigenvalue weighted by atomic mass is 14.1. The van der Waals surface area contributed by atoms with Gasteiger partial charge in [0.05, 0.1) is 0 Å². The lowest BCUT2D eigenvalue weighted by molar-refractivity contribution is 0.561. The average Bonchev–Trinajstić information content (AvgIpc) is 2.48. The Morgan fingerprint density at radius 1 is 0.619 bits per heavy atom. The fourth-order valence-electron chi connectivity index (χ4n) is 2.85. The van der Waals surface area contributed by atoms with Crippen molar-refractivity contribution in [3.63, 3.8) is 0 Å². The van der Waals surface area contributed by atoms with Crippen LogP contribution in [0.2, 0.25) is 0 Å². The predicted molar refractivity (Wildman–Crippen MR) is 93.0 cm³/mol. The lowest BCUT2D eigenvalue weighted by Gasteiger charge is -2.15. The van der Waals surface area contributed by atoms with Crippen LogP contribution in [0, 0.1) is 13.8 Å². The van der Waals surface area contributed by atoms with Gasteiger partial charge in [0.2, 0.25) is 0 Å². The molecule has 0 spiro atoms. The second-order valence-corrected chi connectivity index (χ2v) is 6.55. The van der Waals surface area contributed by atoms with E-state index in [9.17, 15) is 0 Å². The summed E-state index contributed by atoms with van der Waals surface area (Å²) in [6, 6.07) is 18.0. The molecule has 0 saturated carbocycles. The van der Waals surface area contributed by atoms with Crippen molar-refractivity contribution in [2.75, 3.05) is 0 Å². The minimum atomic E-state index is 0.663. The SMILES string of the molecule is Cc1ccc(C(C)CCCC(C)c2ccc(C)cc2)cc1. The highest BCUT2D eigenvalue weighted by molar-refractivity contribution is 5.25. The van der Waals surface area contributed by atoms with Crippen molar-refractivity contribution in [1.82, 2.24) is 0 Å². The van der Waals surface area contributed by atoms with Crippen LogP contribution < -0.4 is 0 Å². The molecule has 0 aromatic heterocycles. The molecule has 0 nitrogen and oxygen atoms in total. The number of hydrogen-bond acceptors (Lipinski definition) is 0. The third-order valence-corrected chi connectivity index (χ3v) is 4.57. The molecule has 0 N–H and O–H groups in total. The van der Waals surface area contributed by atoms with Crippen LogP contribution in [0.3, 0.4) is 0 Å². The van der Waals surface area contributed by atoms with Crippen molar-refractivity contribution < 1.29 is 0 Å². The van der Waals surface area contributed by atoms with E-state index in [4.69, 9.17) is 0 Å². The normalized spacial score (nSPS) is 13.9.